The summed E-state index contributed by atoms with van der Waals surface area (Å²) < 4.78 is 105. The first-order valence-corrected chi connectivity index (χ1v) is 5.60. The van der Waals surface area contributed by atoms with Crippen LogP contribution < -0.4 is 0 Å². The van der Waals surface area contributed by atoms with E-state index in [-0.39, 0.29) is 0 Å². The lowest BCUT2D eigenvalue weighted by molar-refractivity contribution is -0.364. The van der Waals surface area contributed by atoms with Crippen molar-refractivity contribution in [3.8, 4) is 0 Å². The molecule has 0 aliphatic rings. The molecule has 110 valence electrons. The van der Waals surface area contributed by atoms with Gasteiger partial charge < -0.3 is 14.2 Å². The third kappa shape index (κ3) is 2.63. The van der Waals surface area contributed by atoms with Crippen molar-refractivity contribution in [3.05, 3.63) is 0 Å². The highest BCUT2D eigenvalue weighted by Gasteiger charge is 2.78. The Morgan fingerprint density at radius 2 is 1.33 bits per heavy atom. The van der Waals surface area contributed by atoms with E-state index in [1.54, 1.807) is 0 Å². The summed E-state index contributed by atoms with van der Waals surface area (Å²) in [6, 6.07) is 0. The Hall–Kier alpha value is -0.380. The Labute approximate surface area is 96.2 Å². The van der Waals surface area contributed by atoms with Crippen molar-refractivity contribution in [2.24, 2.45) is 0 Å². The van der Waals surface area contributed by atoms with E-state index >= 15 is 0 Å². The van der Waals surface area contributed by atoms with Crippen molar-refractivity contribution in [2.45, 2.75) is 23.9 Å². The Morgan fingerprint density at radius 1 is 1.00 bits per heavy atom. The fourth-order valence-corrected chi connectivity index (χ4v) is 1.93. The van der Waals surface area contributed by atoms with Gasteiger partial charge in [0.15, 0.2) is 0 Å². The molecule has 0 aliphatic heterocycles. The SMILES string of the molecule is COP(=O)(OC)C(O)C(F)(F)C(F)(F)C(F)(F)F. The molecule has 0 aromatic rings. The zero-order chi connectivity index (χ0) is 15.0. The molecule has 18 heavy (non-hydrogen) atoms. The van der Waals surface area contributed by atoms with Crippen LogP contribution in [0.15, 0.2) is 0 Å². The van der Waals surface area contributed by atoms with E-state index in [0.29, 0.717) is 14.2 Å². The lowest BCUT2D eigenvalue weighted by Gasteiger charge is -2.33. The largest absolute Gasteiger partial charge is 0.460 e. The fourth-order valence-electron chi connectivity index (χ4n) is 0.824. The smallest absolute Gasteiger partial charge is 0.376 e. The van der Waals surface area contributed by atoms with Crippen LogP contribution >= 0.6 is 7.60 Å². The molecule has 0 rings (SSSR count). The number of hydrogen-bond donors (Lipinski definition) is 1. The van der Waals surface area contributed by atoms with Gasteiger partial charge in [-0.15, -0.1) is 0 Å². The summed E-state index contributed by atoms with van der Waals surface area (Å²) >= 11 is 0. The minimum atomic E-state index is -6.65. The molecule has 0 fully saturated rings. The Balaban J connectivity index is 5.60. The van der Waals surface area contributed by atoms with Crippen molar-refractivity contribution in [1.82, 2.24) is 0 Å². The molecule has 0 bridgehead atoms. The van der Waals surface area contributed by atoms with Gasteiger partial charge >= 0.3 is 25.6 Å². The molecule has 0 heterocycles. The highest BCUT2D eigenvalue weighted by Crippen LogP contribution is 2.60. The standard InChI is InChI=1S/C6H8F7O4P/c1-16-18(15,17-2)3(14)4(7,8)5(9,10)6(11,12)13/h3,14H,1-2H3. The van der Waals surface area contributed by atoms with E-state index in [0.717, 1.165) is 0 Å². The average molecular weight is 308 g/mol. The van der Waals surface area contributed by atoms with Gasteiger partial charge in [-0.3, -0.25) is 4.57 Å². The van der Waals surface area contributed by atoms with Gasteiger partial charge in [0, 0.05) is 14.2 Å². The second-order valence-electron chi connectivity index (χ2n) is 2.97. The fraction of sp³-hybridized carbons (Fsp3) is 1.00. The van der Waals surface area contributed by atoms with Crippen LogP contribution in [0.2, 0.25) is 0 Å². The predicted octanol–water partition coefficient (Wildman–Crippen LogP) is 2.62. The monoisotopic (exact) mass is 308 g/mol. The Kier molecular flexibility index (Phi) is 4.85. The van der Waals surface area contributed by atoms with Crippen molar-refractivity contribution in [3.63, 3.8) is 0 Å². The number of halogens is 7. The summed E-state index contributed by atoms with van der Waals surface area (Å²) in [5.41, 5.74) is 0. The molecular formula is C6H8F7O4P. The molecule has 0 aromatic carbocycles. The first-order chi connectivity index (χ1) is 7.78. The zero-order valence-corrected chi connectivity index (χ0v) is 9.74. The number of alkyl halides is 7. The molecule has 0 radical (unpaired) electrons. The van der Waals surface area contributed by atoms with Gasteiger partial charge in [-0.25, -0.2) is 0 Å². The minimum Gasteiger partial charge on any atom is -0.376 e. The molecule has 12 heteroatoms. The quantitative estimate of drug-likeness (QED) is 0.626. The molecule has 1 N–H and O–H groups in total. The van der Waals surface area contributed by atoms with Gasteiger partial charge in [0.2, 0.25) is 5.85 Å². The van der Waals surface area contributed by atoms with Crippen LogP contribution in [0.3, 0.4) is 0 Å². The predicted molar refractivity (Wildman–Crippen MR) is 43.6 cm³/mol. The molecule has 4 nitrogen and oxygen atoms in total. The number of aliphatic hydroxyl groups is 1. The third-order valence-electron chi connectivity index (χ3n) is 1.91. The summed E-state index contributed by atoms with van der Waals surface area (Å²) in [5.74, 6) is -16.7. The van der Waals surface area contributed by atoms with Gasteiger partial charge in [0.1, 0.15) is 0 Å². The van der Waals surface area contributed by atoms with E-state index < -0.39 is 31.5 Å². The van der Waals surface area contributed by atoms with Gasteiger partial charge in [-0.1, -0.05) is 0 Å². The summed E-state index contributed by atoms with van der Waals surface area (Å²) in [7, 11) is -4.35. The summed E-state index contributed by atoms with van der Waals surface area (Å²) in [6.45, 7) is 0. The summed E-state index contributed by atoms with van der Waals surface area (Å²) in [6.07, 6.45) is -6.65. The maximum absolute atomic E-state index is 12.9. The van der Waals surface area contributed by atoms with Crippen LogP contribution in [0, 0.1) is 0 Å². The molecule has 1 atom stereocenters. The first kappa shape index (κ1) is 17.6. The van der Waals surface area contributed by atoms with Gasteiger partial charge in [0.25, 0.3) is 0 Å². The molecule has 0 aliphatic carbocycles. The molecule has 0 saturated carbocycles. The minimum absolute atomic E-state index is 0.440. The number of rotatable bonds is 5. The molecule has 1 unspecified atom stereocenters. The summed E-state index contributed by atoms with van der Waals surface area (Å²) in [4.78, 5) is 0. The van der Waals surface area contributed by atoms with Crippen LogP contribution in [0.1, 0.15) is 0 Å². The van der Waals surface area contributed by atoms with Crippen LogP contribution in [-0.4, -0.2) is 43.2 Å². The van der Waals surface area contributed by atoms with Crippen molar-refractivity contribution < 1.29 is 49.5 Å². The van der Waals surface area contributed by atoms with Crippen LogP contribution in [0.5, 0.6) is 0 Å². The van der Waals surface area contributed by atoms with Crippen LogP contribution in [0.4, 0.5) is 30.7 Å². The van der Waals surface area contributed by atoms with E-state index in [2.05, 4.69) is 9.05 Å². The molecule has 0 spiro atoms. The van der Waals surface area contributed by atoms with Crippen molar-refractivity contribution in [2.75, 3.05) is 14.2 Å². The topological polar surface area (TPSA) is 55.8 Å². The third-order valence-corrected chi connectivity index (χ3v) is 3.85. The van der Waals surface area contributed by atoms with E-state index in [1.807, 2.05) is 0 Å². The first-order valence-electron chi connectivity index (χ1n) is 3.99. The second-order valence-corrected chi connectivity index (χ2v) is 5.27. The normalized spacial score (nSPS) is 16.8. The van der Waals surface area contributed by atoms with Crippen molar-refractivity contribution >= 4 is 7.60 Å². The number of hydrogen-bond acceptors (Lipinski definition) is 4. The van der Waals surface area contributed by atoms with Crippen LogP contribution in [-0.2, 0) is 13.6 Å². The average Bonchev–Trinajstić information content (AvgIpc) is 2.25. The zero-order valence-electron chi connectivity index (χ0n) is 8.84. The van der Waals surface area contributed by atoms with E-state index in [9.17, 15) is 35.3 Å². The van der Waals surface area contributed by atoms with E-state index in [4.69, 9.17) is 5.11 Å². The lowest BCUT2D eigenvalue weighted by atomic mass is 10.2. The van der Waals surface area contributed by atoms with Gasteiger partial charge in [-0.2, -0.15) is 30.7 Å². The Bertz CT molecular complexity index is 333. The molecular weight excluding hydrogens is 300 g/mol. The maximum Gasteiger partial charge on any atom is 0.460 e. The van der Waals surface area contributed by atoms with Gasteiger partial charge in [0.05, 0.1) is 0 Å². The highest BCUT2D eigenvalue weighted by molar-refractivity contribution is 7.54. The summed E-state index contributed by atoms with van der Waals surface area (Å²) in [5, 5.41) is 8.75. The molecule has 0 saturated heterocycles. The van der Waals surface area contributed by atoms with E-state index in [1.165, 1.54) is 0 Å². The molecule has 0 amide bonds. The van der Waals surface area contributed by atoms with Crippen molar-refractivity contribution in [1.29, 1.82) is 0 Å². The Morgan fingerprint density at radius 3 is 1.56 bits per heavy atom. The highest BCUT2D eigenvalue weighted by atomic mass is 31.2. The second kappa shape index (κ2) is 4.95. The number of aliphatic hydroxyl groups excluding tert-OH is 1. The lowest BCUT2D eigenvalue weighted by Crippen LogP contribution is -2.57. The maximum atomic E-state index is 12.9. The van der Waals surface area contributed by atoms with Crippen LogP contribution in [0.25, 0.3) is 0 Å². The molecule has 0 aromatic heterocycles. The van der Waals surface area contributed by atoms with Gasteiger partial charge in [-0.05, 0) is 0 Å².